The Morgan fingerprint density at radius 1 is 1.21 bits per heavy atom. The highest BCUT2D eigenvalue weighted by Crippen LogP contribution is 2.41. The van der Waals surface area contributed by atoms with E-state index in [9.17, 15) is 10.2 Å². The fraction of sp³-hybridized carbons (Fsp3) is 0.455. The van der Waals surface area contributed by atoms with Gasteiger partial charge in [0.1, 0.15) is 23.0 Å². The quantitative estimate of drug-likeness (QED) is 0.674. The van der Waals surface area contributed by atoms with Crippen molar-refractivity contribution in [1.29, 1.82) is 0 Å². The van der Waals surface area contributed by atoms with Crippen molar-refractivity contribution in [2.75, 3.05) is 20.0 Å². The number of hydrogen-bond acceptors (Lipinski definition) is 6. The second kappa shape index (κ2) is 10.0. The summed E-state index contributed by atoms with van der Waals surface area (Å²) in [4.78, 5) is 0. The molecule has 0 radical (unpaired) electrons. The van der Waals surface area contributed by atoms with Gasteiger partial charge in [-0.1, -0.05) is 23.7 Å². The highest BCUT2D eigenvalue weighted by Gasteiger charge is 2.38. The molecule has 0 aliphatic carbocycles. The first-order chi connectivity index (χ1) is 14.0. The monoisotopic (exact) mass is 438 g/mol. The maximum atomic E-state index is 10.3. The molecule has 2 aromatic carbocycles. The van der Waals surface area contributed by atoms with E-state index >= 15 is 0 Å². The first-order valence-electron chi connectivity index (χ1n) is 9.59. The van der Waals surface area contributed by atoms with E-state index in [2.05, 4.69) is 0 Å². The van der Waals surface area contributed by atoms with Crippen LogP contribution in [-0.2, 0) is 11.2 Å². The zero-order valence-corrected chi connectivity index (χ0v) is 18.4. The van der Waals surface area contributed by atoms with E-state index in [1.54, 1.807) is 13.2 Å². The summed E-state index contributed by atoms with van der Waals surface area (Å²) in [5.74, 6) is 1.45. The molecular formula is C22H27ClO5S. The summed E-state index contributed by atoms with van der Waals surface area (Å²) >= 11 is 7.89. The zero-order chi connectivity index (χ0) is 21.0. The lowest BCUT2D eigenvalue weighted by molar-refractivity contribution is -0.137. The van der Waals surface area contributed by atoms with Crippen molar-refractivity contribution >= 4 is 23.4 Å². The molecule has 1 fully saturated rings. The number of thioether (sulfide) groups is 1. The summed E-state index contributed by atoms with van der Waals surface area (Å²) in [7, 11) is 1.58. The Hall–Kier alpha value is -1.44. The van der Waals surface area contributed by atoms with Gasteiger partial charge in [-0.05, 0) is 55.0 Å². The fourth-order valence-corrected chi connectivity index (χ4v) is 4.43. The van der Waals surface area contributed by atoms with E-state index in [-0.39, 0.29) is 0 Å². The highest BCUT2D eigenvalue weighted by molar-refractivity contribution is 7.99. The SMILES string of the molecule is CCOc1ccc(Cc2cc(C3CC(O)[C@H](O)C(SC)O3)c(OC)cc2Cl)cc1. The van der Waals surface area contributed by atoms with Crippen molar-refractivity contribution in [2.24, 2.45) is 0 Å². The van der Waals surface area contributed by atoms with Gasteiger partial charge in [0, 0.05) is 17.0 Å². The van der Waals surface area contributed by atoms with Crippen LogP contribution in [0.1, 0.15) is 36.1 Å². The predicted molar refractivity (Wildman–Crippen MR) is 116 cm³/mol. The number of rotatable bonds is 7. The minimum atomic E-state index is -0.914. The number of aliphatic hydroxyl groups excluding tert-OH is 2. The van der Waals surface area contributed by atoms with Crippen molar-refractivity contribution < 1.29 is 24.4 Å². The van der Waals surface area contributed by atoms with E-state index in [1.165, 1.54) is 11.8 Å². The van der Waals surface area contributed by atoms with Crippen molar-refractivity contribution in [3.63, 3.8) is 0 Å². The smallest absolute Gasteiger partial charge is 0.132 e. The predicted octanol–water partition coefficient (Wildman–Crippen LogP) is 4.21. The van der Waals surface area contributed by atoms with Crippen molar-refractivity contribution in [2.45, 2.75) is 43.5 Å². The first-order valence-corrected chi connectivity index (χ1v) is 11.3. The van der Waals surface area contributed by atoms with Gasteiger partial charge in [-0.15, -0.1) is 11.8 Å². The zero-order valence-electron chi connectivity index (χ0n) is 16.8. The van der Waals surface area contributed by atoms with Gasteiger partial charge in [-0.2, -0.15) is 0 Å². The molecule has 3 unspecified atom stereocenters. The minimum absolute atomic E-state index is 0.290. The molecule has 5 nitrogen and oxygen atoms in total. The topological polar surface area (TPSA) is 68.2 Å². The molecule has 0 saturated carbocycles. The molecule has 0 spiro atoms. The van der Waals surface area contributed by atoms with E-state index in [0.29, 0.717) is 30.2 Å². The molecule has 2 N–H and O–H groups in total. The van der Waals surface area contributed by atoms with Gasteiger partial charge in [-0.3, -0.25) is 0 Å². The van der Waals surface area contributed by atoms with E-state index in [1.807, 2.05) is 43.5 Å². The van der Waals surface area contributed by atoms with E-state index < -0.39 is 23.7 Å². The summed E-state index contributed by atoms with van der Waals surface area (Å²) in [5.41, 5.74) is 2.37. The lowest BCUT2D eigenvalue weighted by Gasteiger charge is -2.37. The van der Waals surface area contributed by atoms with Crippen LogP contribution < -0.4 is 9.47 Å². The van der Waals surface area contributed by atoms with Crippen molar-refractivity contribution in [1.82, 2.24) is 0 Å². The summed E-state index contributed by atoms with van der Waals surface area (Å²) in [6.07, 6.45) is 0.616. The Balaban J connectivity index is 1.88. The van der Waals surface area contributed by atoms with Crippen LogP contribution in [0.2, 0.25) is 5.02 Å². The summed E-state index contributed by atoms with van der Waals surface area (Å²) in [6, 6.07) is 11.7. The lowest BCUT2D eigenvalue weighted by atomic mass is 9.94. The van der Waals surface area contributed by atoms with Crippen molar-refractivity contribution in [3.05, 3.63) is 58.1 Å². The molecule has 0 amide bonds. The standard InChI is InChI=1S/C22H27ClO5S/c1-4-27-15-7-5-13(6-8-15)9-14-10-16(19(26-2)11-17(14)23)20-12-18(24)21(25)22(28-20)29-3/h5-8,10-11,18,20-22,24-25H,4,9,12H2,1-3H3/t18?,20?,21-,22?/m0/s1. The Labute approximate surface area is 180 Å². The maximum absolute atomic E-state index is 10.3. The Kier molecular flexibility index (Phi) is 7.71. The molecule has 1 aliphatic heterocycles. The van der Waals surface area contributed by atoms with Gasteiger partial charge < -0.3 is 24.4 Å². The van der Waals surface area contributed by atoms with E-state index in [4.69, 9.17) is 25.8 Å². The first kappa shape index (κ1) is 22.2. The maximum Gasteiger partial charge on any atom is 0.132 e. The molecule has 158 valence electrons. The number of aliphatic hydroxyl groups is 2. The molecule has 2 aromatic rings. The van der Waals surface area contributed by atoms with Gasteiger partial charge in [0.15, 0.2) is 0 Å². The van der Waals surface area contributed by atoms with Crippen LogP contribution >= 0.6 is 23.4 Å². The van der Waals surface area contributed by atoms with Gasteiger partial charge in [0.05, 0.1) is 25.9 Å². The molecule has 1 saturated heterocycles. The van der Waals surface area contributed by atoms with Crippen LogP contribution in [0, 0.1) is 0 Å². The normalized spacial score (nSPS) is 24.3. The van der Waals surface area contributed by atoms with Crippen molar-refractivity contribution in [3.8, 4) is 11.5 Å². The van der Waals surface area contributed by atoms with Crippen LogP contribution in [0.15, 0.2) is 36.4 Å². The molecule has 1 aliphatic rings. The second-order valence-corrected chi connectivity index (χ2v) is 8.30. The third kappa shape index (κ3) is 5.19. The molecular weight excluding hydrogens is 412 g/mol. The number of methoxy groups -OCH3 is 1. The van der Waals surface area contributed by atoms with Crippen LogP contribution in [0.4, 0.5) is 0 Å². The fourth-order valence-electron chi connectivity index (χ4n) is 3.51. The molecule has 0 aromatic heterocycles. The lowest BCUT2D eigenvalue weighted by Crippen LogP contribution is -2.43. The number of benzene rings is 2. The molecule has 1 heterocycles. The molecule has 0 bridgehead atoms. The highest BCUT2D eigenvalue weighted by atomic mass is 35.5. The number of ether oxygens (including phenoxy) is 3. The van der Waals surface area contributed by atoms with Crippen LogP contribution in [0.25, 0.3) is 0 Å². The van der Waals surface area contributed by atoms with E-state index in [0.717, 1.165) is 22.4 Å². The summed E-state index contributed by atoms with van der Waals surface area (Å²) < 4.78 is 17.1. The molecule has 3 rings (SSSR count). The third-order valence-electron chi connectivity index (χ3n) is 5.03. The molecule has 4 atom stereocenters. The number of hydrogen-bond donors (Lipinski definition) is 2. The van der Waals surface area contributed by atoms with Crippen LogP contribution in [-0.4, -0.2) is 47.8 Å². The molecule has 29 heavy (non-hydrogen) atoms. The average molecular weight is 439 g/mol. The Morgan fingerprint density at radius 2 is 1.93 bits per heavy atom. The second-order valence-electron chi connectivity index (χ2n) is 6.96. The largest absolute Gasteiger partial charge is 0.496 e. The van der Waals surface area contributed by atoms with Gasteiger partial charge in [-0.25, -0.2) is 0 Å². The molecule has 7 heteroatoms. The van der Waals surface area contributed by atoms with Gasteiger partial charge >= 0.3 is 0 Å². The Morgan fingerprint density at radius 3 is 2.55 bits per heavy atom. The number of halogens is 1. The summed E-state index contributed by atoms with van der Waals surface area (Å²) in [5, 5.41) is 21.0. The van der Waals surface area contributed by atoms with Gasteiger partial charge in [0.2, 0.25) is 0 Å². The third-order valence-corrected chi connectivity index (χ3v) is 6.24. The van der Waals surface area contributed by atoms with Crippen LogP contribution in [0.3, 0.4) is 0 Å². The summed E-state index contributed by atoms with van der Waals surface area (Å²) in [6.45, 7) is 2.59. The average Bonchev–Trinajstić information content (AvgIpc) is 2.72. The van der Waals surface area contributed by atoms with Crippen LogP contribution in [0.5, 0.6) is 11.5 Å². The minimum Gasteiger partial charge on any atom is -0.496 e. The van der Waals surface area contributed by atoms with Gasteiger partial charge in [0.25, 0.3) is 0 Å². The Bertz CT molecular complexity index is 814.